The van der Waals surface area contributed by atoms with Crippen LogP contribution in [-0.4, -0.2) is 49.0 Å². The first kappa shape index (κ1) is 18.5. The zero-order valence-corrected chi connectivity index (χ0v) is 16.4. The van der Waals surface area contributed by atoms with E-state index in [9.17, 15) is 4.21 Å². The van der Waals surface area contributed by atoms with Gasteiger partial charge in [-0.3, -0.25) is 4.78 Å². The van der Waals surface area contributed by atoms with Gasteiger partial charge in [0.2, 0.25) is 11.8 Å². The van der Waals surface area contributed by atoms with E-state index in [0.717, 1.165) is 11.4 Å². The molecule has 0 spiro atoms. The van der Waals surface area contributed by atoms with Gasteiger partial charge in [-0.1, -0.05) is 0 Å². The number of fused-ring (bicyclic) bond motifs is 1. The van der Waals surface area contributed by atoms with Gasteiger partial charge in [0.05, 0.1) is 16.1 Å². The van der Waals surface area contributed by atoms with Crippen molar-refractivity contribution in [3.8, 4) is 5.88 Å². The van der Waals surface area contributed by atoms with Crippen LogP contribution in [0.5, 0.6) is 5.88 Å². The van der Waals surface area contributed by atoms with Gasteiger partial charge in [0, 0.05) is 17.7 Å². The van der Waals surface area contributed by atoms with Crippen LogP contribution in [0, 0.1) is 4.78 Å². The standard InChI is InChI=1S/C15H21N7O2S2/c1-21(2)5-10-4-11(25-7-10)6-24-14-12-13(19-15(16)20-14)22(8-18-12)9-26(3,17)23/h4,7-8,17H,5-6,9H2,1-3H3,(H2,16,19,20). The summed E-state index contributed by atoms with van der Waals surface area (Å²) in [5.74, 6) is 0.306. The Kier molecular flexibility index (Phi) is 5.12. The maximum absolute atomic E-state index is 11.8. The molecule has 140 valence electrons. The van der Waals surface area contributed by atoms with Gasteiger partial charge in [0.1, 0.15) is 12.5 Å². The van der Waals surface area contributed by atoms with Crippen LogP contribution in [0.25, 0.3) is 11.2 Å². The minimum atomic E-state index is -2.75. The Balaban J connectivity index is 1.82. The van der Waals surface area contributed by atoms with Crippen molar-refractivity contribution in [2.24, 2.45) is 0 Å². The van der Waals surface area contributed by atoms with E-state index in [0.29, 0.717) is 17.8 Å². The molecular weight excluding hydrogens is 374 g/mol. The number of hydrogen-bond donors (Lipinski definition) is 2. The number of nitrogens with two attached hydrogens (primary N) is 1. The molecule has 26 heavy (non-hydrogen) atoms. The number of thiophene rings is 1. The molecule has 9 nitrogen and oxygen atoms in total. The Morgan fingerprint density at radius 1 is 1.42 bits per heavy atom. The molecule has 3 aromatic heterocycles. The van der Waals surface area contributed by atoms with E-state index in [-0.39, 0.29) is 17.7 Å². The van der Waals surface area contributed by atoms with E-state index in [1.54, 1.807) is 11.3 Å². The van der Waals surface area contributed by atoms with Gasteiger partial charge in [-0.05, 0) is 31.1 Å². The number of ether oxygens (including phenoxy) is 1. The highest BCUT2D eigenvalue weighted by Gasteiger charge is 2.15. The smallest absolute Gasteiger partial charge is 0.247 e. The van der Waals surface area contributed by atoms with Gasteiger partial charge in [-0.2, -0.15) is 9.97 Å². The van der Waals surface area contributed by atoms with Crippen LogP contribution in [0.3, 0.4) is 0 Å². The fourth-order valence-electron chi connectivity index (χ4n) is 2.48. The van der Waals surface area contributed by atoms with E-state index in [1.165, 1.54) is 22.7 Å². The van der Waals surface area contributed by atoms with Crippen LogP contribution < -0.4 is 10.5 Å². The number of nitrogen functional groups attached to an aromatic ring is 1. The molecule has 0 aliphatic heterocycles. The van der Waals surface area contributed by atoms with Gasteiger partial charge in [-0.15, -0.1) is 11.3 Å². The summed E-state index contributed by atoms with van der Waals surface area (Å²) in [4.78, 5) is 15.7. The molecule has 3 aromatic rings. The number of rotatable bonds is 7. The quantitative estimate of drug-likeness (QED) is 0.624. The number of imidazole rings is 1. The second-order valence-electron chi connectivity index (χ2n) is 6.36. The van der Waals surface area contributed by atoms with Crippen molar-refractivity contribution < 1.29 is 8.95 Å². The maximum atomic E-state index is 11.8. The predicted octanol–water partition coefficient (Wildman–Crippen LogP) is 1.74. The largest absolute Gasteiger partial charge is 0.470 e. The fraction of sp³-hybridized carbons (Fsp3) is 0.400. The Labute approximate surface area is 155 Å². The molecule has 0 aliphatic carbocycles. The third-order valence-corrected chi connectivity index (χ3v) is 5.12. The van der Waals surface area contributed by atoms with Gasteiger partial charge < -0.3 is 19.9 Å². The van der Waals surface area contributed by atoms with Crippen molar-refractivity contribution in [2.45, 2.75) is 19.0 Å². The zero-order chi connectivity index (χ0) is 18.9. The lowest BCUT2D eigenvalue weighted by molar-refractivity contribution is 0.301. The highest BCUT2D eigenvalue weighted by molar-refractivity contribution is 7.90. The van der Waals surface area contributed by atoms with Crippen molar-refractivity contribution in [3.63, 3.8) is 0 Å². The normalized spacial score (nSPS) is 14.0. The number of nitrogens with zero attached hydrogens (tertiary/aromatic N) is 5. The number of nitrogens with one attached hydrogen (secondary N) is 1. The first-order valence-corrected chi connectivity index (χ1v) is 10.8. The lowest BCUT2D eigenvalue weighted by atomic mass is 10.3. The lowest BCUT2D eigenvalue weighted by Crippen LogP contribution is -2.09. The van der Waals surface area contributed by atoms with Crippen molar-refractivity contribution in [1.82, 2.24) is 24.4 Å². The average molecular weight is 396 g/mol. The van der Waals surface area contributed by atoms with Crippen LogP contribution in [0.4, 0.5) is 5.95 Å². The van der Waals surface area contributed by atoms with Crippen molar-refractivity contribution in [3.05, 3.63) is 28.2 Å². The second kappa shape index (κ2) is 7.17. The summed E-state index contributed by atoms with van der Waals surface area (Å²) < 4.78 is 26.7. The van der Waals surface area contributed by atoms with Crippen molar-refractivity contribution in [1.29, 1.82) is 4.78 Å². The minimum Gasteiger partial charge on any atom is -0.470 e. The molecule has 0 fully saturated rings. The SMILES string of the molecule is CN(C)Cc1csc(COc2nc(N)nc3c2ncn3CS(C)(=N)=O)c1. The Hall–Kier alpha value is -2.24. The topological polar surface area (TPSA) is 123 Å². The van der Waals surface area contributed by atoms with Crippen LogP contribution in [0.15, 0.2) is 17.8 Å². The first-order chi connectivity index (χ1) is 12.2. The van der Waals surface area contributed by atoms with Crippen molar-refractivity contribution >= 4 is 38.2 Å². The number of hydrogen-bond acceptors (Lipinski definition) is 9. The van der Waals surface area contributed by atoms with Gasteiger partial charge in [0.25, 0.3) is 0 Å². The second-order valence-corrected chi connectivity index (χ2v) is 9.62. The molecule has 0 amide bonds. The van der Waals surface area contributed by atoms with Crippen LogP contribution in [0.1, 0.15) is 10.4 Å². The number of anilines is 1. The molecule has 3 heterocycles. The van der Waals surface area contributed by atoms with Crippen molar-refractivity contribution in [2.75, 3.05) is 26.1 Å². The molecular formula is C15H21N7O2S2. The molecule has 1 unspecified atom stereocenters. The van der Waals surface area contributed by atoms with E-state index < -0.39 is 9.73 Å². The van der Waals surface area contributed by atoms with Gasteiger partial charge >= 0.3 is 0 Å². The highest BCUT2D eigenvalue weighted by Crippen LogP contribution is 2.24. The highest BCUT2D eigenvalue weighted by atomic mass is 32.2. The summed E-state index contributed by atoms with van der Waals surface area (Å²) in [6.45, 7) is 1.22. The predicted molar refractivity (Wildman–Crippen MR) is 103 cm³/mol. The summed E-state index contributed by atoms with van der Waals surface area (Å²) >= 11 is 1.62. The molecule has 1 atom stereocenters. The van der Waals surface area contributed by atoms with E-state index >= 15 is 0 Å². The van der Waals surface area contributed by atoms with Crippen LogP contribution in [-0.2, 0) is 28.8 Å². The molecule has 0 bridgehead atoms. The Morgan fingerprint density at radius 3 is 2.88 bits per heavy atom. The molecule has 0 saturated carbocycles. The molecule has 3 N–H and O–H groups in total. The minimum absolute atomic E-state index is 0.0157. The third kappa shape index (κ3) is 4.48. The van der Waals surface area contributed by atoms with Gasteiger partial charge in [-0.25, -0.2) is 9.19 Å². The summed E-state index contributed by atoms with van der Waals surface area (Å²) in [6, 6.07) is 2.09. The summed E-state index contributed by atoms with van der Waals surface area (Å²) in [5.41, 5.74) is 7.85. The van der Waals surface area contributed by atoms with Gasteiger partial charge in [0.15, 0.2) is 11.2 Å². The monoisotopic (exact) mass is 395 g/mol. The first-order valence-electron chi connectivity index (χ1n) is 7.75. The summed E-state index contributed by atoms with van der Waals surface area (Å²) in [6.07, 6.45) is 2.84. The van der Waals surface area contributed by atoms with Crippen LogP contribution in [0.2, 0.25) is 0 Å². The summed E-state index contributed by atoms with van der Waals surface area (Å²) in [7, 11) is 1.30. The van der Waals surface area contributed by atoms with E-state index in [1.807, 2.05) is 14.1 Å². The Bertz CT molecular complexity index is 1020. The van der Waals surface area contributed by atoms with Crippen LogP contribution >= 0.6 is 11.3 Å². The average Bonchev–Trinajstić information content (AvgIpc) is 3.10. The molecule has 0 aromatic carbocycles. The molecule has 0 saturated heterocycles. The Morgan fingerprint density at radius 2 is 2.19 bits per heavy atom. The lowest BCUT2D eigenvalue weighted by Gasteiger charge is -2.07. The zero-order valence-electron chi connectivity index (χ0n) is 14.8. The van der Waals surface area contributed by atoms with E-state index in [2.05, 4.69) is 31.3 Å². The fourth-order valence-corrected chi connectivity index (χ4v) is 4.00. The maximum Gasteiger partial charge on any atom is 0.247 e. The number of aromatic nitrogens is 4. The molecule has 11 heteroatoms. The summed E-state index contributed by atoms with van der Waals surface area (Å²) in [5, 5.41) is 2.10. The third-order valence-electron chi connectivity index (χ3n) is 3.39. The molecule has 0 radical (unpaired) electrons. The molecule has 0 aliphatic rings. The van der Waals surface area contributed by atoms with E-state index in [4.69, 9.17) is 15.3 Å². The molecule has 3 rings (SSSR count).